The number of rotatable bonds is 74. The van der Waals surface area contributed by atoms with Crippen molar-refractivity contribution in [2.24, 2.45) is 0 Å². The zero-order chi connectivity index (χ0) is 55.0. The van der Waals surface area contributed by atoms with Crippen LogP contribution in [0.1, 0.15) is 77.6 Å². The van der Waals surface area contributed by atoms with Crippen molar-refractivity contribution in [3.05, 3.63) is 0 Å². The molecule has 464 valence electrons. The highest BCUT2D eigenvalue weighted by Gasteiger charge is 2.00. The molecular formula is C55H112O22. The van der Waals surface area contributed by atoms with Crippen molar-refractivity contribution in [3.8, 4) is 0 Å². The van der Waals surface area contributed by atoms with Crippen molar-refractivity contribution >= 4 is 0 Å². The Morgan fingerprint density at radius 3 is 0.403 bits per heavy atom. The van der Waals surface area contributed by atoms with Gasteiger partial charge in [-0.25, -0.2) is 0 Å². The van der Waals surface area contributed by atoms with Gasteiger partial charge in [0.05, 0.1) is 277 Å². The molecule has 0 aliphatic rings. The molecule has 0 saturated heterocycles. The van der Waals surface area contributed by atoms with Crippen LogP contribution in [-0.4, -0.2) is 289 Å². The maximum absolute atomic E-state index is 8.61. The van der Waals surface area contributed by atoms with Crippen LogP contribution in [0.25, 0.3) is 0 Å². The van der Waals surface area contributed by atoms with Crippen LogP contribution in [0.2, 0.25) is 0 Å². The molecule has 0 heterocycles. The summed E-state index contributed by atoms with van der Waals surface area (Å²) in [5, 5.41) is 8.61. The monoisotopic (exact) mass is 1120 g/mol. The van der Waals surface area contributed by atoms with E-state index in [9.17, 15) is 0 Å². The maximum Gasteiger partial charge on any atom is 0.0701 e. The van der Waals surface area contributed by atoms with Gasteiger partial charge in [0.15, 0.2) is 0 Å². The van der Waals surface area contributed by atoms with E-state index in [2.05, 4.69) is 6.92 Å². The third-order valence-electron chi connectivity index (χ3n) is 10.6. The summed E-state index contributed by atoms with van der Waals surface area (Å²) in [4.78, 5) is 0. The minimum Gasteiger partial charge on any atom is -0.394 e. The minimum absolute atomic E-state index is 0.0197. The fourth-order valence-corrected chi connectivity index (χ4v) is 6.43. The van der Waals surface area contributed by atoms with Crippen molar-refractivity contribution in [2.75, 3.05) is 284 Å². The zero-order valence-electron chi connectivity index (χ0n) is 48.2. The van der Waals surface area contributed by atoms with E-state index in [1.54, 1.807) is 0 Å². The van der Waals surface area contributed by atoms with Gasteiger partial charge in [-0.2, -0.15) is 0 Å². The SMILES string of the molecule is CCCCCCCCCCCCCOCCOCCOCCOCCOCCOCCOCCOCCOCCOCCOCCOCCOCCOCCOCCOCCOCCOCCOCCOCCOCCO. The van der Waals surface area contributed by atoms with Gasteiger partial charge in [0.25, 0.3) is 0 Å². The van der Waals surface area contributed by atoms with Crippen LogP contribution in [0.3, 0.4) is 0 Å². The van der Waals surface area contributed by atoms with Crippen molar-refractivity contribution in [1.82, 2.24) is 0 Å². The molecule has 77 heavy (non-hydrogen) atoms. The summed E-state index contributed by atoms with van der Waals surface area (Å²) in [6, 6.07) is 0. The van der Waals surface area contributed by atoms with E-state index < -0.39 is 0 Å². The number of hydrogen-bond donors (Lipinski definition) is 1. The Morgan fingerprint density at radius 2 is 0.260 bits per heavy atom. The van der Waals surface area contributed by atoms with Crippen molar-refractivity contribution in [2.45, 2.75) is 77.6 Å². The van der Waals surface area contributed by atoms with E-state index in [-0.39, 0.29) is 6.61 Å². The first-order valence-corrected chi connectivity index (χ1v) is 29.1. The average molecular weight is 1130 g/mol. The van der Waals surface area contributed by atoms with Gasteiger partial charge in [0.2, 0.25) is 0 Å². The van der Waals surface area contributed by atoms with Crippen LogP contribution in [0.5, 0.6) is 0 Å². The molecule has 0 amide bonds. The highest BCUT2D eigenvalue weighted by Crippen LogP contribution is 2.11. The highest BCUT2D eigenvalue weighted by atomic mass is 16.6. The molecule has 0 saturated carbocycles. The van der Waals surface area contributed by atoms with Crippen molar-refractivity contribution in [1.29, 1.82) is 0 Å². The molecule has 0 aromatic rings. The Bertz CT molecular complexity index is 927. The van der Waals surface area contributed by atoms with Crippen LogP contribution in [-0.2, 0) is 99.5 Å². The summed E-state index contributed by atoms with van der Waals surface area (Å²) in [5.41, 5.74) is 0. The van der Waals surface area contributed by atoms with E-state index in [1.165, 1.54) is 64.2 Å². The van der Waals surface area contributed by atoms with Crippen LogP contribution in [0.4, 0.5) is 0 Å². The first kappa shape index (κ1) is 76.1. The predicted molar refractivity (Wildman–Crippen MR) is 291 cm³/mol. The molecule has 0 aromatic heterocycles. The molecule has 1 N–H and O–H groups in total. The zero-order valence-corrected chi connectivity index (χ0v) is 48.2. The number of hydrogen-bond acceptors (Lipinski definition) is 22. The largest absolute Gasteiger partial charge is 0.394 e. The smallest absolute Gasteiger partial charge is 0.0701 e. The molecule has 0 aromatic carbocycles. The lowest BCUT2D eigenvalue weighted by atomic mass is 10.1. The summed E-state index contributed by atoms with van der Waals surface area (Å²) < 4.78 is 115. The lowest BCUT2D eigenvalue weighted by Gasteiger charge is -2.09. The number of unbranched alkanes of at least 4 members (excludes halogenated alkanes) is 10. The summed E-state index contributed by atoms with van der Waals surface area (Å²) in [6.45, 7) is 23.7. The van der Waals surface area contributed by atoms with E-state index in [1.807, 2.05) is 0 Å². The van der Waals surface area contributed by atoms with Gasteiger partial charge in [-0.3, -0.25) is 0 Å². The van der Waals surface area contributed by atoms with E-state index in [0.717, 1.165) is 13.0 Å². The van der Waals surface area contributed by atoms with Gasteiger partial charge in [0.1, 0.15) is 0 Å². The van der Waals surface area contributed by atoms with Gasteiger partial charge in [-0.15, -0.1) is 0 Å². The minimum atomic E-state index is 0.0197. The third-order valence-corrected chi connectivity index (χ3v) is 10.6. The average Bonchev–Trinajstić information content (AvgIpc) is 3.44. The van der Waals surface area contributed by atoms with Gasteiger partial charge in [-0.1, -0.05) is 71.1 Å². The maximum atomic E-state index is 8.61. The Labute approximate surface area is 465 Å². The van der Waals surface area contributed by atoms with Crippen molar-refractivity contribution in [3.63, 3.8) is 0 Å². The summed E-state index contributed by atoms with van der Waals surface area (Å²) in [6.07, 6.45) is 14.8. The second-order valence-electron chi connectivity index (χ2n) is 17.1. The molecule has 22 heteroatoms. The van der Waals surface area contributed by atoms with Gasteiger partial charge < -0.3 is 105 Å². The molecule has 22 nitrogen and oxygen atoms in total. The third kappa shape index (κ3) is 75.1. The molecule has 0 aliphatic carbocycles. The fourth-order valence-electron chi connectivity index (χ4n) is 6.43. The molecule has 0 unspecified atom stereocenters. The summed E-state index contributed by atoms with van der Waals surface area (Å²) in [7, 11) is 0. The lowest BCUT2D eigenvalue weighted by Crippen LogP contribution is -2.16. The van der Waals surface area contributed by atoms with Gasteiger partial charge in [-0.05, 0) is 6.42 Å². The molecular weight excluding hydrogens is 1010 g/mol. The first-order chi connectivity index (χ1) is 38.4. The molecule has 0 fully saturated rings. The molecule has 0 rings (SSSR count). The second-order valence-corrected chi connectivity index (χ2v) is 17.1. The van der Waals surface area contributed by atoms with Crippen LogP contribution in [0, 0.1) is 0 Å². The van der Waals surface area contributed by atoms with E-state index in [4.69, 9.17) is 105 Å². The van der Waals surface area contributed by atoms with Crippen LogP contribution < -0.4 is 0 Å². The second kappa shape index (κ2) is 75.1. The number of aliphatic hydroxyl groups excluding tert-OH is 1. The fraction of sp³-hybridized carbons (Fsp3) is 1.00. The summed E-state index contributed by atoms with van der Waals surface area (Å²) >= 11 is 0. The molecule has 0 atom stereocenters. The predicted octanol–water partition coefficient (Wildman–Crippen LogP) is 4.64. The van der Waals surface area contributed by atoms with Crippen LogP contribution >= 0.6 is 0 Å². The molecule has 0 radical (unpaired) electrons. The lowest BCUT2D eigenvalue weighted by molar-refractivity contribution is -0.0316. The normalized spacial score (nSPS) is 11.8. The van der Waals surface area contributed by atoms with E-state index >= 15 is 0 Å². The molecule has 0 bridgehead atoms. The highest BCUT2D eigenvalue weighted by molar-refractivity contribution is 4.49. The Morgan fingerprint density at radius 1 is 0.143 bits per heavy atom. The first-order valence-electron chi connectivity index (χ1n) is 29.1. The van der Waals surface area contributed by atoms with Crippen molar-refractivity contribution < 1.29 is 105 Å². The number of ether oxygens (including phenoxy) is 21. The van der Waals surface area contributed by atoms with Gasteiger partial charge >= 0.3 is 0 Å². The standard InChI is InChI=1S/C55H112O22/c1-2-3-4-5-6-7-8-9-10-11-12-14-57-16-18-59-20-22-61-24-26-63-28-30-65-32-34-67-36-38-69-40-42-71-44-46-73-48-50-75-52-54-77-55-53-76-51-49-74-47-45-72-43-41-70-39-37-68-35-33-66-31-29-64-27-25-62-23-21-60-19-17-58-15-13-56/h56H,2-55H2,1H3. The Kier molecular flexibility index (Phi) is 74.3. The topological polar surface area (TPSA) is 214 Å². The Hall–Kier alpha value is -0.880. The quantitative estimate of drug-likeness (QED) is 0.0822. The summed E-state index contributed by atoms with van der Waals surface area (Å²) in [5.74, 6) is 0. The number of aliphatic hydroxyl groups is 1. The van der Waals surface area contributed by atoms with Crippen LogP contribution in [0.15, 0.2) is 0 Å². The Balaban J connectivity index is 3.08. The van der Waals surface area contributed by atoms with E-state index in [0.29, 0.717) is 271 Å². The van der Waals surface area contributed by atoms with Gasteiger partial charge in [0, 0.05) is 6.61 Å². The molecule has 0 aliphatic heterocycles. The molecule has 0 spiro atoms.